The fourth-order valence-corrected chi connectivity index (χ4v) is 2.68. The Hall–Kier alpha value is -3.42. The minimum Gasteiger partial charge on any atom is -0.406 e. The summed E-state index contributed by atoms with van der Waals surface area (Å²) in [4.78, 5) is 27.3. The first-order chi connectivity index (χ1) is 13.4. The topological polar surface area (TPSA) is 68.3 Å². The van der Waals surface area contributed by atoms with Crippen molar-refractivity contribution in [3.8, 4) is 17.0 Å². The average Bonchev–Trinajstić information content (AvgIpc) is 2.66. The lowest BCUT2D eigenvalue weighted by molar-refractivity contribution is -0.274. The van der Waals surface area contributed by atoms with Crippen molar-refractivity contribution in [2.24, 2.45) is 0 Å². The van der Waals surface area contributed by atoms with Crippen molar-refractivity contribution in [3.63, 3.8) is 0 Å². The zero-order valence-corrected chi connectivity index (χ0v) is 14.5. The normalized spacial score (nSPS) is 11.2. The van der Waals surface area contributed by atoms with Crippen molar-refractivity contribution in [1.29, 1.82) is 0 Å². The van der Waals surface area contributed by atoms with Gasteiger partial charge in [0, 0.05) is 23.9 Å². The van der Waals surface area contributed by atoms with Crippen molar-refractivity contribution in [3.05, 3.63) is 60.3 Å². The van der Waals surface area contributed by atoms with Gasteiger partial charge in [0.15, 0.2) is 0 Å². The second kappa shape index (κ2) is 8.08. The Morgan fingerprint density at radius 2 is 1.82 bits per heavy atom. The molecule has 0 aliphatic heterocycles. The van der Waals surface area contributed by atoms with Crippen LogP contribution in [0.25, 0.3) is 22.0 Å². The minimum absolute atomic E-state index is 0.176. The highest BCUT2D eigenvalue weighted by Crippen LogP contribution is 2.28. The summed E-state index contributed by atoms with van der Waals surface area (Å²) in [6.07, 6.45) is -3.88. The highest BCUT2D eigenvalue weighted by atomic mass is 19.4. The number of rotatable bonds is 6. The molecule has 1 N–H and O–H groups in total. The molecule has 28 heavy (non-hydrogen) atoms. The van der Waals surface area contributed by atoms with E-state index in [1.807, 2.05) is 6.07 Å². The van der Waals surface area contributed by atoms with E-state index in [1.54, 1.807) is 24.3 Å². The summed E-state index contributed by atoms with van der Waals surface area (Å²) in [5.74, 6) is -0.777. The molecular formula is C20H15F3N2O3. The van der Waals surface area contributed by atoms with E-state index >= 15 is 0 Å². The van der Waals surface area contributed by atoms with Gasteiger partial charge in [-0.3, -0.25) is 4.79 Å². The number of ether oxygens (including phenoxy) is 1. The van der Waals surface area contributed by atoms with Crippen LogP contribution in [0, 0.1) is 0 Å². The molecule has 144 valence electrons. The zero-order chi connectivity index (χ0) is 20.1. The third kappa shape index (κ3) is 4.64. The van der Waals surface area contributed by atoms with Gasteiger partial charge in [-0.05, 0) is 35.7 Å². The van der Waals surface area contributed by atoms with Crippen molar-refractivity contribution in [1.82, 2.24) is 10.3 Å². The molecule has 3 rings (SSSR count). The van der Waals surface area contributed by atoms with E-state index in [9.17, 15) is 22.8 Å². The number of pyridine rings is 1. The predicted octanol–water partition coefficient (Wildman–Crippen LogP) is 4.12. The van der Waals surface area contributed by atoms with Gasteiger partial charge in [-0.15, -0.1) is 13.2 Å². The fraction of sp³-hybridized carbons (Fsp3) is 0.150. The highest BCUT2D eigenvalue weighted by Gasteiger charge is 2.31. The molecule has 2 aromatic carbocycles. The second-order valence-corrected chi connectivity index (χ2v) is 5.86. The van der Waals surface area contributed by atoms with Crippen LogP contribution in [0.5, 0.6) is 5.75 Å². The Morgan fingerprint density at radius 3 is 2.50 bits per heavy atom. The number of fused-ring (bicyclic) bond motifs is 1. The Balaban J connectivity index is 1.97. The minimum atomic E-state index is -4.77. The molecule has 0 aliphatic carbocycles. The van der Waals surface area contributed by atoms with Crippen molar-refractivity contribution >= 4 is 23.0 Å². The van der Waals surface area contributed by atoms with E-state index < -0.39 is 12.3 Å². The van der Waals surface area contributed by atoms with E-state index in [0.29, 0.717) is 22.9 Å². The van der Waals surface area contributed by atoms with Gasteiger partial charge in [0.25, 0.3) is 5.91 Å². The third-order valence-electron chi connectivity index (χ3n) is 3.89. The van der Waals surface area contributed by atoms with Crippen LogP contribution in [0.3, 0.4) is 0 Å². The molecule has 0 atom stereocenters. The van der Waals surface area contributed by atoms with Gasteiger partial charge in [-0.1, -0.05) is 24.3 Å². The van der Waals surface area contributed by atoms with Crippen LogP contribution in [0.15, 0.2) is 54.6 Å². The Kier molecular flexibility index (Phi) is 5.58. The first-order valence-corrected chi connectivity index (χ1v) is 8.35. The van der Waals surface area contributed by atoms with Crippen LogP contribution in [-0.4, -0.2) is 30.1 Å². The van der Waals surface area contributed by atoms with Gasteiger partial charge < -0.3 is 14.8 Å². The van der Waals surface area contributed by atoms with Crippen LogP contribution in [0.4, 0.5) is 13.2 Å². The Morgan fingerprint density at radius 1 is 1.11 bits per heavy atom. The summed E-state index contributed by atoms with van der Waals surface area (Å²) in [5, 5.41) is 4.01. The number of nitrogens with zero attached hydrogens (tertiary/aromatic N) is 1. The van der Waals surface area contributed by atoms with Gasteiger partial charge in [0.05, 0.1) is 5.69 Å². The second-order valence-electron chi connectivity index (χ2n) is 5.86. The van der Waals surface area contributed by atoms with E-state index in [1.165, 1.54) is 24.3 Å². The molecule has 0 saturated carbocycles. The number of amides is 1. The van der Waals surface area contributed by atoms with Crippen molar-refractivity contribution in [2.45, 2.75) is 12.8 Å². The van der Waals surface area contributed by atoms with Crippen LogP contribution in [-0.2, 0) is 4.79 Å². The number of carbonyl (C=O) groups excluding carboxylic acids is 2. The monoisotopic (exact) mass is 388 g/mol. The summed E-state index contributed by atoms with van der Waals surface area (Å²) in [6.45, 7) is 0.187. The first kappa shape index (κ1) is 19.3. The highest BCUT2D eigenvalue weighted by molar-refractivity contribution is 6.06. The zero-order valence-electron chi connectivity index (χ0n) is 14.5. The molecule has 3 aromatic rings. The standard InChI is InChI=1S/C20H15F3N2O3/c21-20(22,23)28-15-8-6-13(7-9-15)17-12-14-4-1-2-5-16(14)18(25-17)19(27)24-10-3-11-26/h1-2,4-9,11-12H,3,10H2,(H,24,27). The third-order valence-corrected chi connectivity index (χ3v) is 3.89. The maximum absolute atomic E-state index is 12.5. The number of hydrogen-bond acceptors (Lipinski definition) is 4. The number of aldehydes is 1. The molecule has 0 fully saturated rings. The lowest BCUT2D eigenvalue weighted by Gasteiger charge is -2.11. The molecule has 0 bridgehead atoms. The van der Waals surface area contributed by atoms with Crippen LogP contribution in [0.2, 0.25) is 0 Å². The number of hydrogen-bond donors (Lipinski definition) is 1. The number of aromatic nitrogens is 1. The summed E-state index contributed by atoms with van der Waals surface area (Å²) in [6, 6.07) is 14.1. The molecule has 1 heterocycles. The van der Waals surface area contributed by atoms with Crippen LogP contribution < -0.4 is 10.1 Å². The molecular weight excluding hydrogens is 373 g/mol. The molecule has 0 radical (unpaired) electrons. The van der Waals surface area contributed by atoms with E-state index in [4.69, 9.17) is 0 Å². The van der Waals surface area contributed by atoms with Crippen LogP contribution in [0.1, 0.15) is 16.9 Å². The largest absolute Gasteiger partial charge is 0.573 e. The summed E-state index contributed by atoms with van der Waals surface area (Å²) in [7, 11) is 0. The van der Waals surface area contributed by atoms with Gasteiger partial charge >= 0.3 is 6.36 Å². The molecule has 8 heteroatoms. The predicted molar refractivity (Wildman–Crippen MR) is 96.9 cm³/mol. The maximum Gasteiger partial charge on any atom is 0.573 e. The smallest absolute Gasteiger partial charge is 0.406 e. The van der Waals surface area contributed by atoms with E-state index in [2.05, 4.69) is 15.0 Å². The molecule has 0 spiro atoms. The number of alkyl halides is 3. The summed E-state index contributed by atoms with van der Waals surface area (Å²) >= 11 is 0. The Bertz CT molecular complexity index is 1000. The molecule has 5 nitrogen and oxygen atoms in total. The van der Waals surface area contributed by atoms with Gasteiger partial charge in [0.2, 0.25) is 0 Å². The number of carbonyl (C=O) groups is 2. The Labute approximate surface area is 158 Å². The molecule has 0 saturated heterocycles. The SMILES string of the molecule is O=CCCNC(=O)c1nc(-c2ccc(OC(F)(F)F)cc2)cc2ccccc12. The number of nitrogens with one attached hydrogen (secondary N) is 1. The quantitative estimate of drug-likeness (QED) is 0.510. The lowest BCUT2D eigenvalue weighted by Crippen LogP contribution is -2.26. The molecule has 1 aromatic heterocycles. The van der Waals surface area contributed by atoms with Crippen molar-refractivity contribution in [2.75, 3.05) is 6.54 Å². The molecule has 0 unspecified atom stereocenters. The average molecular weight is 388 g/mol. The fourth-order valence-electron chi connectivity index (χ4n) is 2.68. The molecule has 1 amide bonds. The maximum atomic E-state index is 12.5. The van der Waals surface area contributed by atoms with E-state index in [-0.39, 0.29) is 24.4 Å². The van der Waals surface area contributed by atoms with Crippen molar-refractivity contribution < 1.29 is 27.5 Å². The van der Waals surface area contributed by atoms with E-state index in [0.717, 1.165) is 5.39 Å². The number of halogens is 3. The van der Waals surface area contributed by atoms with Gasteiger partial charge in [0.1, 0.15) is 17.7 Å². The summed E-state index contributed by atoms with van der Waals surface area (Å²) < 4.78 is 40.8. The first-order valence-electron chi connectivity index (χ1n) is 8.35. The number of benzene rings is 2. The summed E-state index contributed by atoms with van der Waals surface area (Å²) in [5.41, 5.74) is 1.13. The molecule has 0 aliphatic rings. The van der Waals surface area contributed by atoms with Crippen LogP contribution >= 0.6 is 0 Å². The van der Waals surface area contributed by atoms with Gasteiger partial charge in [-0.25, -0.2) is 4.98 Å². The lowest BCUT2D eigenvalue weighted by atomic mass is 10.0. The van der Waals surface area contributed by atoms with Gasteiger partial charge in [-0.2, -0.15) is 0 Å².